The average Bonchev–Trinajstić information content (AvgIpc) is 3.24. The number of hydrogen-bond donors (Lipinski definition) is 1. The molecule has 2 amide bonds. The Morgan fingerprint density at radius 2 is 1.20 bits per heavy atom. The number of benzene rings is 3. The van der Waals surface area contributed by atoms with Gasteiger partial charge in [-0.25, -0.2) is 9.69 Å². The zero-order valence-electron chi connectivity index (χ0n) is 23.7. The fourth-order valence-electron chi connectivity index (χ4n) is 3.95. The Bertz CT molecular complexity index is 1440. The highest BCUT2D eigenvalue weighted by Gasteiger charge is 2.45. The quantitative estimate of drug-likeness (QED) is 0.139. The molecule has 4 rings (SSSR count). The van der Waals surface area contributed by atoms with Crippen molar-refractivity contribution >= 4 is 47.0 Å². The number of halogens is 3. The highest BCUT2D eigenvalue weighted by Crippen LogP contribution is 2.47. The van der Waals surface area contributed by atoms with Crippen molar-refractivity contribution in [3.8, 4) is 5.75 Å². The highest BCUT2D eigenvalue weighted by atomic mass is 32.2. The van der Waals surface area contributed by atoms with Crippen LogP contribution >= 0.6 is 23.5 Å². The summed E-state index contributed by atoms with van der Waals surface area (Å²) in [6.45, 7) is 0.219. The van der Waals surface area contributed by atoms with Gasteiger partial charge in [0.05, 0.1) is 54.1 Å². The number of carbonyl (C=O) groups is 3. The number of carboxylic acid groups (broad SMARTS) is 1. The van der Waals surface area contributed by atoms with Gasteiger partial charge in [-0.05, 0) is 42.5 Å². The van der Waals surface area contributed by atoms with E-state index in [4.69, 9.17) is 24.1 Å². The summed E-state index contributed by atoms with van der Waals surface area (Å²) in [5.41, 5.74) is -1.79. The molecule has 1 N–H and O–H groups in total. The van der Waals surface area contributed by atoms with Crippen LogP contribution in [0, 0.1) is 0 Å². The van der Waals surface area contributed by atoms with E-state index in [1.807, 2.05) is 0 Å². The molecule has 0 radical (unpaired) electrons. The van der Waals surface area contributed by atoms with Gasteiger partial charge in [0.25, 0.3) is 11.8 Å². The number of carboxylic acids is 1. The lowest BCUT2D eigenvalue weighted by atomic mass is 10.1. The van der Waals surface area contributed by atoms with Crippen molar-refractivity contribution in [2.24, 2.45) is 0 Å². The van der Waals surface area contributed by atoms with Crippen LogP contribution in [0.5, 0.6) is 5.75 Å². The summed E-state index contributed by atoms with van der Waals surface area (Å²) >= 11 is 2.04. The van der Waals surface area contributed by atoms with Gasteiger partial charge in [0, 0.05) is 9.79 Å². The summed E-state index contributed by atoms with van der Waals surface area (Å²) < 4.78 is 63.7. The number of hydrogen-bond acceptors (Lipinski definition) is 9. The van der Waals surface area contributed by atoms with Gasteiger partial charge in [-0.3, -0.25) is 9.59 Å². The van der Waals surface area contributed by atoms with Crippen LogP contribution in [0.25, 0.3) is 0 Å². The lowest BCUT2D eigenvalue weighted by molar-refractivity contribution is -0.143. The van der Waals surface area contributed by atoms with E-state index in [1.54, 1.807) is 60.7 Å². The molecular weight excluding hydrogens is 635 g/mol. The van der Waals surface area contributed by atoms with E-state index in [1.165, 1.54) is 6.07 Å². The Morgan fingerprint density at radius 3 is 1.69 bits per heavy atom. The van der Waals surface area contributed by atoms with E-state index in [2.05, 4.69) is 0 Å². The number of amides is 2. The predicted molar refractivity (Wildman–Crippen MR) is 161 cm³/mol. The maximum absolute atomic E-state index is 14.3. The maximum atomic E-state index is 14.3. The topological polar surface area (TPSA) is 112 Å². The molecule has 3 aromatic carbocycles. The fraction of sp³-hybridized carbons (Fsp3) is 0.258. The molecule has 1 aliphatic rings. The van der Waals surface area contributed by atoms with Crippen molar-refractivity contribution in [2.75, 3.05) is 51.1 Å². The summed E-state index contributed by atoms with van der Waals surface area (Å²) in [7, 11) is 0. The third-order valence-electron chi connectivity index (χ3n) is 5.91. The molecule has 9 nitrogen and oxygen atoms in total. The number of alkyl halides is 3. The minimum atomic E-state index is -4.90. The third-order valence-corrected chi connectivity index (χ3v) is 8.22. The second kappa shape index (κ2) is 16.5. The summed E-state index contributed by atoms with van der Waals surface area (Å²) in [6, 6.07) is 20.6. The van der Waals surface area contributed by atoms with Gasteiger partial charge in [-0.15, -0.1) is 0 Å². The van der Waals surface area contributed by atoms with Gasteiger partial charge in [0.1, 0.15) is 19.0 Å². The Labute approximate surface area is 265 Å². The van der Waals surface area contributed by atoms with E-state index in [9.17, 15) is 27.6 Å². The van der Waals surface area contributed by atoms with Crippen LogP contribution in [0.15, 0.2) is 98.5 Å². The number of thioether (sulfide) groups is 2. The van der Waals surface area contributed by atoms with Crippen LogP contribution in [0.1, 0.15) is 5.56 Å². The van der Waals surface area contributed by atoms with Crippen LogP contribution < -0.4 is 9.64 Å². The molecule has 0 bridgehead atoms. The van der Waals surface area contributed by atoms with Gasteiger partial charge in [0.2, 0.25) is 0 Å². The maximum Gasteiger partial charge on any atom is 0.418 e. The number of anilines is 1. The molecular formula is C31H28F3NO8S2. The molecule has 0 atom stereocenters. The first-order valence-electron chi connectivity index (χ1n) is 13.5. The molecule has 3 aromatic rings. The Hall–Kier alpha value is -3.82. The first-order valence-corrected chi connectivity index (χ1v) is 15.2. The third kappa shape index (κ3) is 9.83. The van der Waals surface area contributed by atoms with E-state index >= 15 is 0 Å². The van der Waals surface area contributed by atoms with Crippen molar-refractivity contribution in [1.82, 2.24) is 0 Å². The smallest absolute Gasteiger partial charge is 0.418 e. The number of ether oxygens (including phenoxy) is 4. The van der Waals surface area contributed by atoms with Crippen LogP contribution in [0.3, 0.4) is 0 Å². The van der Waals surface area contributed by atoms with E-state index < -0.39 is 41.8 Å². The summed E-state index contributed by atoms with van der Waals surface area (Å²) in [4.78, 5) is 39.6. The molecule has 238 valence electrons. The van der Waals surface area contributed by atoms with Crippen LogP contribution in [-0.2, 0) is 34.8 Å². The number of aliphatic carboxylic acids is 1. The normalized spacial score (nSPS) is 13.5. The molecule has 14 heteroatoms. The molecule has 45 heavy (non-hydrogen) atoms. The summed E-state index contributed by atoms with van der Waals surface area (Å²) in [5, 5.41) is 8.48. The first-order chi connectivity index (χ1) is 21.6. The second-order valence-corrected chi connectivity index (χ2v) is 11.3. The summed E-state index contributed by atoms with van der Waals surface area (Å²) in [5.74, 6) is -2.90. The minimum absolute atomic E-state index is 0.0300. The minimum Gasteiger partial charge on any atom is -0.491 e. The van der Waals surface area contributed by atoms with E-state index in [-0.39, 0.29) is 55.2 Å². The molecule has 0 saturated heterocycles. The molecule has 0 aliphatic carbocycles. The molecule has 1 aliphatic heterocycles. The zero-order valence-corrected chi connectivity index (χ0v) is 25.3. The number of imide groups is 1. The number of rotatable bonds is 17. The molecule has 0 saturated carbocycles. The van der Waals surface area contributed by atoms with Gasteiger partial charge >= 0.3 is 12.1 Å². The first kappa shape index (κ1) is 34.1. The zero-order chi connectivity index (χ0) is 32.2. The molecule has 0 fully saturated rings. The van der Waals surface area contributed by atoms with Gasteiger partial charge < -0.3 is 24.1 Å². The second-order valence-electron chi connectivity index (χ2n) is 9.13. The van der Waals surface area contributed by atoms with Crippen molar-refractivity contribution in [2.45, 2.75) is 16.0 Å². The van der Waals surface area contributed by atoms with Crippen molar-refractivity contribution in [3.05, 3.63) is 94.2 Å². The van der Waals surface area contributed by atoms with E-state index in [0.717, 1.165) is 35.7 Å². The molecule has 0 unspecified atom stereocenters. The summed E-state index contributed by atoms with van der Waals surface area (Å²) in [6.07, 6.45) is -4.90. The van der Waals surface area contributed by atoms with Crippen LogP contribution in [0.4, 0.5) is 18.9 Å². The number of carbonyl (C=O) groups excluding carboxylic acids is 2. The fourth-order valence-corrected chi connectivity index (χ4v) is 5.97. The Balaban J connectivity index is 1.43. The Kier molecular flexibility index (Phi) is 12.5. The molecule has 0 aromatic heterocycles. The lowest BCUT2D eigenvalue weighted by Crippen LogP contribution is -2.33. The van der Waals surface area contributed by atoms with Gasteiger partial charge in [0.15, 0.2) is 0 Å². The van der Waals surface area contributed by atoms with Gasteiger partial charge in [-0.2, -0.15) is 13.2 Å². The number of nitrogens with zero attached hydrogens (tertiary/aromatic N) is 1. The van der Waals surface area contributed by atoms with Crippen molar-refractivity contribution in [1.29, 1.82) is 0 Å². The largest absolute Gasteiger partial charge is 0.491 e. The SMILES string of the molecule is O=C(O)COCCOCCOCCOc1ccc(N2C(=O)C(Sc3ccccc3)=C(Sc3ccccc3)C2=O)c(C(F)(F)F)c1. The van der Waals surface area contributed by atoms with Gasteiger partial charge in [-0.1, -0.05) is 59.9 Å². The van der Waals surface area contributed by atoms with Crippen LogP contribution in [-0.4, -0.2) is 69.1 Å². The van der Waals surface area contributed by atoms with E-state index in [0.29, 0.717) is 14.7 Å². The van der Waals surface area contributed by atoms with Crippen molar-refractivity contribution < 1.29 is 51.6 Å². The van der Waals surface area contributed by atoms with Crippen LogP contribution in [0.2, 0.25) is 0 Å². The van der Waals surface area contributed by atoms with Crippen molar-refractivity contribution in [3.63, 3.8) is 0 Å². The average molecular weight is 664 g/mol. The highest BCUT2D eigenvalue weighted by molar-refractivity contribution is 8.08. The molecule has 0 spiro atoms. The lowest BCUT2D eigenvalue weighted by Gasteiger charge is -2.21. The standard InChI is InChI=1S/C31H28F3NO8S2/c32-31(33,34)24-19-21(43-18-17-41-14-13-40-15-16-42-20-26(36)37)11-12-25(24)35-29(38)27(44-22-7-3-1-4-8-22)28(30(35)39)45-23-9-5-2-6-10-23/h1-12,19H,13-18,20H2,(H,36,37). The Morgan fingerprint density at radius 1 is 0.711 bits per heavy atom. The predicted octanol–water partition coefficient (Wildman–Crippen LogP) is 5.89. The monoisotopic (exact) mass is 663 g/mol. The molecule has 1 heterocycles.